The highest BCUT2D eigenvalue weighted by Crippen LogP contribution is 2.33. The Morgan fingerprint density at radius 2 is 1.71 bits per heavy atom. The maximum Gasteiger partial charge on any atom is 0.318 e. The molecule has 1 heterocycles. The van der Waals surface area contributed by atoms with Crippen LogP contribution >= 0.6 is 0 Å². The van der Waals surface area contributed by atoms with Crippen LogP contribution in [0.1, 0.15) is 52.3 Å². The Bertz CT molecular complexity index is 1090. The molecule has 1 atom stereocenters. The van der Waals surface area contributed by atoms with Gasteiger partial charge in [0, 0.05) is 11.6 Å². The third-order valence-corrected chi connectivity index (χ3v) is 5.61. The molecule has 1 aromatic heterocycles. The van der Waals surface area contributed by atoms with Gasteiger partial charge in [0.05, 0.1) is 30.6 Å². The number of nitrogens with one attached hydrogen (secondary N) is 1. The molecule has 0 unspecified atom stereocenters. The summed E-state index contributed by atoms with van der Waals surface area (Å²) in [4.78, 5) is 15.1. The van der Waals surface area contributed by atoms with Crippen molar-refractivity contribution in [2.75, 3.05) is 7.11 Å². The Kier molecular flexibility index (Phi) is 7.87. The second-order valence-corrected chi connectivity index (χ2v) is 9.46. The van der Waals surface area contributed by atoms with Crippen LogP contribution in [-0.4, -0.2) is 39.4 Å². The van der Waals surface area contributed by atoms with Crippen molar-refractivity contribution < 1.29 is 14.3 Å². The predicted molar refractivity (Wildman–Crippen MR) is 135 cm³/mol. The quantitative estimate of drug-likeness (QED) is 0.438. The molecular weight excluding hydrogens is 428 g/mol. The average molecular weight is 465 g/mol. The number of carbonyl (C=O) groups is 1. The van der Waals surface area contributed by atoms with E-state index in [1.54, 1.807) is 11.8 Å². The Morgan fingerprint density at radius 1 is 1.09 bits per heavy atom. The first-order valence-corrected chi connectivity index (χ1v) is 11.7. The van der Waals surface area contributed by atoms with Gasteiger partial charge in [0.2, 0.25) is 5.88 Å². The fourth-order valence-corrected chi connectivity index (χ4v) is 3.54. The number of hydrogen-bond donors (Lipinski definition) is 1. The van der Waals surface area contributed by atoms with Crippen LogP contribution in [0, 0.1) is 6.92 Å². The van der Waals surface area contributed by atoms with Crippen molar-refractivity contribution in [3.05, 3.63) is 65.9 Å². The number of methoxy groups -OCH3 is 1. The summed E-state index contributed by atoms with van der Waals surface area (Å²) in [5.74, 6) is 2.00. The largest absolute Gasteiger partial charge is 0.497 e. The van der Waals surface area contributed by atoms with Crippen molar-refractivity contribution in [1.82, 2.24) is 20.0 Å². The first-order valence-electron chi connectivity index (χ1n) is 11.7. The summed E-state index contributed by atoms with van der Waals surface area (Å²) in [5, 5.41) is 7.89. The normalized spacial score (nSPS) is 12.2. The molecular formula is C27H36N4O3. The molecule has 0 bridgehead atoms. The third kappa shape index (κ3) is 6.10. The predicted octanol–water partition coefficient (Wildman–Crippen LogP) is 6.09. The van der Waals surface area contributed by atoms with Gasteiger partial charge in [-0.15, -0.1) is 0 Å². The highest BCUT2D eigenvalue weighted by molar-refractivity contribution is 5.75. The standard InChI is InChI=1S/C27H36N4O3/c1-8-19(2)30(26(32)28-27(4,5)6)18-24-20(3)29-31(21-12-10-9-11-13-21)25(24)34-23-16-14-22(33-7)15-17-23/h9-17,19H,8,18H2,1-7H3,(H,28,32)/t19-/m1/s1. The van der Waals surface area contributed by atoms with Crippen molar-refractivity contribution >= 4 is 6.03 Å². The van der Waals surface area contributed by atoms with Gasteiger partial charge in [-0.2, -0.15) is 5.10 Å². The molecule has 2 amide bonds. The monoisotopic (exact) mass is 464 g/mol. The Morgan fingerprint density at radius 3 is 2.26 bits per heavy atom. The minimum atomic E-state index is -0.339. The number of ether oxygens (including phenoxy) is 2. The van der Waals surface area contributed by atoms with Crippen LogP contribution in [0.5, 0.6) is 17.4 Å². The van der Waals surface area contributed by atoms with Gasteiger partial charge in [-0.3, -0.25) is 0 Å². The van der Waals surface area contributed by atoms with Crippen LogP contribution in [0.3, 0.4) is 0 Å². The smallest absolute Gasteiger partial charge is 0.318 e. The zero-order valence-electron chi connectivity index (χ0n) is 21.3. The maximum absolute atomic E-state index is 13.2. The molecule has 2 aromatic carbocycles. The summed E-state index contributed by atoms with van der Waals surface area (Å²) < 4.78 is 13.5. The van der Waals surface area contributed by atoms with Gasteiger partial charge < -0.3 is 19.7 Å². The van der Waals surface area contributed by atoms with E-state index in [2.05, 4.69) is 19.2 Å². The number of rotatable bonds is 8. The Labute approximate surface area is 202 Å². The first kappa shape index (κ1) is 25.1. The molecule has 3 rings (SSSR count). The molecule has 3 aromatic rings. The van der Waals surface area contributed by atoms with Crippen molar-refractivity contribution in [3.63, 3.8) is 0 Å². The van der Waals surface area contributed by atoms with E-state index in [9.17, 15) is 4.79 Å². The molecule has 7 nitrogen and oxygen atoms in total. The summed E-state index contributed by atoms with van der Waals surface area (Å²) in [6, 6.07) is 17.2. The van der Waals surface area contributed by atoms with Gasteiger partial charge in [-0.05, 0) is 77.4 Å². The number of benzene rings is 2. The second kappa shape index (κ2) is 10.6. The summed E-state index contributed by atoms with van der Waals surface area (Å²) in [6.45, 7) is 12.4. The van der Waals surface area contributed by atoms with E-state index in [0.717, 1.165) is 29.1 Å². The maximum atomic E-state index is 13.2. The molecule has 0 saturated carbocycles. The summed E-state index contributed by atoms with van der Waals surface area (Å²) in [7, 11) is 1.63. The SMILES string of the molecule is CC[C@@H](C)N(Cc1c(C)nn(-c2ccccc2)c1Oc1ccc(OC)cc1)C(=O)NC(C)(C)C. The van der Waals surface area contributed by atoms with Gasteiger partial charge in [0.25, 0.3) is 0 Å². The van der Waals surface area contributed by atoms with E-state index in [1.807, 2.05) is 87.2 Å². The molecule has 0 radical (unpaired) electrons. The lowest BCUT2D eigenvalue weighted by Gasteiger charge is -2.32. The average Bonchev–Trinajstić information content (AvgIpc) is 3.11. The van der Waals surface area contributed by atoms with E-state index in [1.165, 1.54) is 0 Å². The summed E-state index contributed by atoms with van der Waals surface area (Å²) >= 11 is 0. The summed E-state index contributed by atoms with van der Waals surface area (Å²) in [5.41, 5.74) is 2.22. The number of para-hydroxylation sites is 1. The van der Waals surface area contributed by atoms with Gasteiger partial charge in [-0.1, -0.05) is 25.1 Å². The molecule has 0 aliphatic rings. The van der Waals surface area contributed by atoms with Crippen LogP contribution in [0.4, 0.5) is 4.79 Å². The Balaban J connectivity index is 2.05. The topological polar surface area (TPSA) is 68.6 Å². The van der Waals surface area contributed by atoms with E-state index < -0.39 is 0 Å². The minimum Gasteiger partial charge on any atom is -0.497 e. The van der Waals surface area contributed by atoms with Gasteiger partial charge in [0.1, 0.15) is 11.5 Å². The van der Waals surface area contributed by atoms with Crippen LogP contribution in [0.2, 0.25) is 0 Å². The van der Waals surface area contributed by atoms with E-state index in [0.29, 0.717) is 18.2 Å². The molecule has 0 aliphatic carbocycles. The number of aromatic nitrogens is 2. The third-order valence-electron chi connectivity index (χ3n) is 5.61. The summed E-state index contributed by atoms with van der Waals surface area (Å²) in [6.07, 6.45) is 0.831. The molecule has 0 aliphatic heterocycles. The minimum absolute atomic E-state index is 0.0376. The zero-order chi connectivity index (χ0) is 24.9. The van der Waals surface area contributed by atoms with Gasteiger partial charge in [0.15, 0.2) is 0 Å². The van der Waals surface area contributed by atoms with E-state index in [-0.39, 0.29) is 17.6 Å². The molecule has 0 saturated heterocycles. The van der Waals surface area contributed by atoms with Gasteiger partial charge in [-0.25, -0.2) is 9.48 Å². The number of amides is 2. The first-order chi connectivity index (χ1) is 16.1. The van der Waals surface area contributed by atoms with E-state index in [4.69, 9.17) is 14.6 Å². The Hall–Kier alpha value is -3.48. The van der Waals surface area contributed by atoms with Crippen molar-refractivity contribution in [2.24, 2.45) is 0 Å². The zero-order valence-corrected chi connectivity index (χ0v) is 21.3. The fraction of sp³-hybridized carbons (Fsp3) is 0.407. The van der Waals surface area contributed by atoms with E-state index >= 15 is 0 Å². The number of carbonyl (C=O) groups excluding carboxylic acids is 1. The molecule has 1 N–H and O–H groups in total. The number of aryl methyl sites for hydroxylation is 1. The lowest BCUT2D eigenvalue weighted by atomic mass is 10.1. The number of urea groups is 1. The number of nitrogens with zero attached hydrogens (tertiary/aromatic N) is 3. The number of hydrogen-bond acceptors (Lipinski definition) is 4. The second-order valence-electron chi connectivity index (χ2n) is 9.46. The lowest BCUT2D eigenvalue weighted by Crippen LogP contribution is -2.50. The van der Waals surface area contributed by atoms with Crippen molar-refractivity contribution in [3.8, 4) is 23.1 Å². The fourth-order valence-electron chi connectivity index (χ4n) is 3.54. The molecule has 0 fully saturated rings. The van der Waals surface area contributed by atoms with Crippen LogP contribution in [0.25, 0.3) is 5.69 Å². The van der Waals surface area contributed by atoms with Crippen molar-refractivity contribution in [2.45, 2.75) is 66.1 Å². The highest BCUT2D eigenvalue weighted by Gasteiger charge is 2.28. The van der Waals surface area contributed by atoms with Crippen molar-refractivity contribution in [1.29, 1.82) is 0 Å². The highest BCUT2D eigenvalue weighted by atomic mass is 16.5. The molecule has 7 heteroatoms. The molecule has 0 spiro atoms. The van der Waals surface area contributed by atoms with Crippen LogP contribution < -0.4 is 14.8 Å². The molecule has 182 valence electrons. The van der Waals surface area contributed by atoms with Gasteiger partial charge >= 0.3 is 6.03 Å². The van der Waals surface area contributed by atoms with Crippen LogP contribution in [-0.2, 0) is 6.54 Å². The molecule has 34 heavy (non-hydrogen) atoms. The van der Waals surface area contributed by atoms with Crippen LogP contribution in [0.15, 0.2) is 54.6 Å². The lowest BCUT2D eigenvalue weighted by molar-refractivity contribution is 0.164.